The molecule has 0 aliphatic heterocycles. The summed E-state index contributed by atoms with van der Waals surface area (Å²) in [5.74, 6) is -0.314. The molecule has 0 spiro atoms. The van der Waals surface area contributed by atoms with Crippen LogP contribution in [-0.2, 0) is 34.2 Å². The molecule has 28 heavy (non-hydrogen) atoms. The summed E-state index contributed by atoms with van der Waals surface area (Å²) in [4.78, 5) is 24.1. The Morgan fingerprint density at radius 2 is 2.00 bits per heavy atom. The van der Waals surface area contributed by atoms with Crippen LogP contribution < -0.4 is 5.43 Å². The summed E-state index contributed by atoms with van der Waals surface area (Å²) in [5.41, 5.74) is 2.78. The molecule has 2 aromatic heterocycles. The highest BCUT2D eigenvalue weighted by atomic mass is 16.6. The van der Waals surface area contributed by atoms with E-state index in [1.54, 1.807) is 28.9 Å². The zero-order valence-electron chi connectivity index (χ0n) is 15.9. The summed E-state index contributed by atoms with van der Waals surface area (Å²) in [5, 5.41) is 8.56. The second kappa shape index (κ2) is 9.09. The molecule has 0 bridgehead atoms. The van der Waals surface area contributed by atoms with E-state index in [4.69, 9.17) is 9.47 Å². The number of nitrogens with zero attached hydrogens (tertiary/aromatic N) is 4. The zero-order valence-corrected chi connectivity index (χ0v) is 15.9. The average Bonchev–Trinajstić information content (AvgIpc) is 3.10. The van der Waals surface area contributed by atoms with Crippen molar-refractivity contribution in [1.29, 1.82) is 0 Å². The highest BCUT2D eigenvalue weighted by Crippen LogP contribution is 2.11. The smallest absolute Gasteiger partial charge is 0.310 e. The van der Waals surface area contributed by atoms with Gasteiger partial charge in [0.05, 0.1) is 25.4 Å². The van der Waals surface area contributed by atoms with Crippen LogP contribution in [0.2, 0.25) is 0 Å². The van der Waals surface area contributed by atoms with Gasteiger partial charge in [0, 0.05) is 32.8 Å². The van der Waals surface area contributed by atoms with Crippen LogP contribution in [0.25, 0.3) is 5.69 Å². The molecule has 0 radical (unpaired) electrons. The van der Waals surface area contributed by atoms with Gasteiger partial charge in [0.1, 0.15) is 18.0 Å². The lowest BCUT2D eigenvalue weighted by Crippen LogP contribution is -2.16. The van der Waals surface area contributed by atoms with Crippen LogP contribution in [0.1, 0.15) is 16.8 Å². The first-order valence-corrected chi connectivity index (χ1v) is 8.85. The summed E-state index contributed by atoms with van der Waals surface area (Å²) < 4.78 is 13.3. The fraction of sp³-hybridized carbons (Fsp3) is 0.300. The van der Waals surface area contributed by atoms with Gasteiger partial charge in [-0.2, -0.15) is 10.2 Å². The fourth-order valence-corrected chi connectivity index (χ4v) is 2.74. The molecule has 3 rings (SSSR count). The van der Waals surface area contributed by atoms with E-state index >= 15 is 0 Å². The van der Waals surface area contributed by atoms with Crippen molar-refractivity contribution in [2.75, 3.05) is 20.3 Å². The molecule has 8 heteroatoms. The lowest BCUT2D eigenvalue weighted by Gasteiger charge is -2.07. The van der Waals surface area contributed by atoms with Gasteiger partial charge in [-0.1, -0.05) is 24.3 Å². The third-order valence-electron chi connectivity index (χ3n) is 4.10. The standard InChI is InChI=1S/C20H22N4O4/c1-23-14-17(13-21-23)24-7-6-19(25)18(22-24)11-15-4-3-5-16(10-15)12-20(26)28-9-8-27-2/h3-7,10,13-14H,8-9,11-12H2,1-2H3. The molecule has 8 nitrogen and oxygen atoms in total. The molecular weight excluding hydrogens is 360 g/mol. The largest absolute Gasteiger partial charge is 0.463 e. The molecule has 0 aliphatic rings. The molecule has 0 atom stereocenters. The summed E-state index contributed by atoms with van der Waals surface area (Å²) >= 11 is 0. The first-order valence-electron chi connectivity index (χ1n) is 8.85. The summed E-state index contributed by atoms with van der Waals surface area (Å²) in [6.45, 7) is 0.603. The predicted octanol–water partition coefficient (Wildman–Crippen LogP) is 1.29. The average molecular weight is 382 g/mol. The number of carbonyl (C=O) groups excluding carboxylic acids is 1. The Morgan fingerprint density at radius 3 is 2.75 bits per heavy atom. The highest BCUT2D eigenvalue weighted by Gasteiger charge is 2.09. The van der Waals surface area contributed by atoms with Crippen LogP contribution in [0, 0.1) is 0 Å². The lowest BCUT2D eigenvalue weighted by atomic mass is 10.0. The number of aromatic nitrogens is 4. The maximum atomic E-state index is 12.2. The Kier molecular flexibility index (Phi) is 6.33. The highest BCUT2D eigenvalue weighted by molar-refractivity contribution is 5.72. The third kappa shape index (κ3) is 5.14. The number of esters is 1. The maximum Gasteiger partial charge on any atom is 0.310 e. The summed E-state index contributed by atoms with van der Waals surface area (Å²) in [6, 6.07) is 9.00. The molecule has 146 valence electrons. The van der Waals surface area contributed by atoms with E-state index in [0.717, 1.165) is 16.8 Å². The number of benzene rings is 1. The molecule has 0 saturated heterocycles. The molecule has 0 fully saturated rings. The second-order valence-electron chi connectivity index (χ2n) is 6.33. The molecular formula is C20H22N4O4. The number of methoxy groups -OCH3 is 1. The Balaban J connectivity index is 1.73. The topological polar surface area (TPSA) is 88.2 Å². The van der Waals surface area contributed by atoms with Crippen molar-refractivity contribution in [2.24, 2.45) is 7.05 Å². The summed E-state index contributed by atoms with van der Waals surface area (Å²) in [6.07, 6.45) is 5.65. The molecule has 3 aromatic rings. The molecule has 1 aromatic carbocycles. The van der Waals surface area contributed by atoms with Crippen LogP contribution in [-0.4, -0.2) is 45.9 Å². The van der Waals surface area contributed by atoms with E-state index < -0.39 is 0 Å². The van der Waals surface area contributed by atoms with E-state index in [0.29, 0.717) is 18.7 Å². The van der Waals surface area contributed by atoms with Crippen molar-refractivity contribution in [2.45, 2.75) is 12.8 Å². The van der Waals surface area contributed by atoms with Crippen LogP contribution >= 0.6 is 0 Å². The van der Waals surface area contributed by atoms with E-state index in [1.165, 1.54) is 6.07 Å². The number of ether oxygens (including phenoxy) is 2. The van der Waals surface area contributed by atoms with E-state index in [-0.39, 0.29) is 24.4 Å². The fourth-order valence-electron chi connectivity index (χ4n) is 2.74. The van der Waals surface area contributed by atoms with Gasteiger partial charge < -0.3 is 9.47 Å². The van der Waals surface area contributed by atoms with Crippen molar-refractivity contribution >= 4 is 5.97 Å². The zero-order chi connectivity index (χ0) is 19.9. The van der Waals surface area contributed by atoms with E-state index in [9.17, 15) is 9.59 Å². The Hall–Kier alpha value is -3.26. The summed E-state index contributed by atoms with van der Waals surface area (Å²) in [7, 11) is 3.37. The van der Waals surface area contributed by atoms with Crippen LogP contribution in [0.4, 0.5) is 0 Å². The van der Waals surface area contributed by atoms with Crippen molar-refractivity contribution in [3.63, 3.8) is 0 Å². The quantitative estimate of drug-likeness (QED) is 0.431. The van der Waals surface area contributed by atoms with Gasteiger partial charge in [-0.3, -0.25) is 14.3 Å². The van der Waals surface area contributed by atoms with Gasteiger partial charge in [-0.25, -0.2) is 4.68 Å². The molecule has 2 heterocycles. The van der Waals surface area contributed by atoms with Crippen molar-refractivity contribution in [3.8, 4) is 5.69 Å². The molecule has 0 aliphatic carbocycles. The number of rotatable bonds is 8. The van der Waals surface area contributed by atoms with E-state index in [1.807, 2.05) is 37.5 Å². The Bertz CT molecular complexity index is 1010. The van der Waals surface area contributed by atoms with Crippen molar-refractivity contribution < 1.29 is 14.3 Å². The van der Waals surface area contributed by atoms with Crippen LogP contribution in [0.15, 0.2) is 53.7 Å². The van der Waals surface area contributed by atoms with Crippen LogP contribution in [0.5, 0.6) is 0 Å². The minimum atomic E-state index is -0.314. The Morgan fingerprint density at radius 1 is 1.18 bits per heavy atom. The van der Waals surface area contributed by atoms with Gasteiger partial charge in [-0.15, -0.1) is 0 Å². The second-order valence-corrected chi connectivity index (χ2v) is 6.33. The van der Waals surface area contributed by atoms with Crippen molar-refractivity contribution in [3.05, 3.63) is 76.0 Å². The number of hydrogen-bond donors (Lipinski definition) is 0. The first kappa shape index (κ1) is 19.5. The molecule has 0 amide bonds. The predicted molar refractivity (Wildman–Crippen MR) is 102 cm³/mol. The van der Waals surface area contributed by atoms with Gasteiger partial charge in [0.25, 0.3) is 0 Å². The number of carbonyl (C=O) groups is 1. The Labute approximate surface area is 162 Å². The van der Waals surface area contributed by atoms with E-state index in [2.05, 4.69) is 10.2 Å². The molecule has 0 N–H and O–H groups in total. The minimum absolute atomic E-state index is 0.135. The SMILES string of the molecule is COCCOC(=O)Cc1cccc(Cc2nn(-c3cnn(C)c3)ccc2=O)c1. The normalized spacial score (nSPS) is 10.8. The molecule has 0 saturated carbocycles. The number of hydrogen-bond acceptors (Lipinski definition) is 6. The van der Waals surface area contributed by atoms with Crippen LogP contribution in [0.3, 0.4) is 0 Å². The van der Waals surface area contributed by atoms with Gasteiger partial charge in [0.2, 0.25) is 5.43 Å². The van der Waals surface area contributed by atoms with Crippen molar-refractivity contribution in [1.82, 2.24) is 19.6 Å². The third-order valence-corrected chi connectivity index (χ3v) is 4.10. The van der Waals surface area contributed by atoms with Gasteiger partial charge in [0.15, 0.2) is 0 Å². The molecule has 0 unspecified atom stereocenters. The maximum absolute atomic E-state index is 12.2. The number of aryl methyl sites for hydroxylation is 1. The first-order chi connectivity index (χ1) is 13.5. The lowest BCUT2D eigenvalue weighted by molar-refractivity contribution is -0.144. The monoisotopic (exact) mass is 382 g/mol. The van der Waals surface area contributed by atoms with Gasteiger partial charge in [-0.05, 0) is 11.1 Å². The minimum Gasteiger partial charge on any atom is -0.463 e. The van der Waals surface area contributed by atoms with Gasteiger partial charge >= 0.3 is 5.97 Å².